The monoisotopic (exact) mass is 209 g/mol. The zero-order valence-electron chi connectivity index (χ0n) is 8.99. The molecule has 0 atom stereocenters. The summed E-state index contributed by atoms with van der Waals surface area (Å²) in [5.74, 6) is 1.80. The summed E-state index contributed by atoms with van der Waals surface area (Å²) in [6, 6.07) is 0. The summed E-state index contributed by atoms with van der Waals surface area (Å²) in [6.07, 6.45) is 0.866. The molecule has 1 aliphatic heterocycles. The highest BCUT2D eigenvalue weighted by molar-refractivity contribution is 5.44. The van der Waals surface area contributed by atoms with Gasteiger partial charge >= 0.3 is 0 Å². The van der Waals surface area contributed by atoms with Crippen molar-refractivity contribution >= 4 is 5.82 Å². The molecule has 1 fully saturated rings. The molecule has 5 nitrogen and oxygen atoms in total. The number of hydrogen-bond donors (Lipinski definition) is 1. The van der Waals surface area contributed by atoms with Crippen molar-refractivity contribution in [2.45, 2.75) is 26.4 Å². The van der Waals surface area contributed by atoms with E-state index in [1.165, 1.54) is 0 Å². The highest BCUT2D eigenvalue weighted by Crippen LogP contribution is 2.22. The number of nitrogens with two attached hydrogens (primary N) is 1. The second-order valence-corrected chi connectivity index (χ2v) is 3.59. The highest BCUT2D eigenvalue weighted by atomic mass is 16.6. The molecule has 1 saturated heterocycles. The van der Waals surface area contributed by atoms with Gasteiger partial charge in [-0.1, -0.05) is 6.92 Å². The summed E-state index contributed by atoms with van der Waals surface area (Å²) in [6.45, 7) is 5.11. The Morgan fingerprint density at radius 2 is 2.20 bits per heavy atom. The Morgan fingerprint density at radius 3 is 2.73 bits per heavy atom. The molecule has 0 aliphatic carbocycles. The van der Waals surface area contributed by atoms with Crippen molar-refractivity contribution in [3.63, 3.8) is 0 Å². The van der Waals surface area contributed by atoms with E-state index in [1.807, 2.05) is 13.8 Å². The third kappa shape index (κ3) is 2.02. The third-order valence-corrected chi connectivity index (χ3v) is 2.39. The van der Waals surface area contributed by atoms with E-state index in [0.717, 1.165) is 12.0 Å². The average molecular weight is 209 g/mol. The lowest BCUT2D eigenvalue weighted by molar-refractivity contribution is -0.0816. The van der Waals surface area contributed by atoms with Crippen LogP contribution in [0.3, 0.4) is 0 Å². The molecule has 0 amide bonds. The lowest BCUT2D eigenvalue weighted by Crippen LogP contribution is -2.39. The van der Waals surface area contributed by atoms with E-state index < -0.39 is 0 Å². The molecular weight excluding hydrogens is 194 g/mol. The number of anilines is 1. The van der Waals surface area contributed by atoms with Crippen molar-refractivity contribution in [3.05, 3.63) is 11.4 Å². The van der Waals surface area contributed by atoms with E-state index in [9.17, 15) is 0 Å². The van der Waals surface area contributed by atoms with Crippen molar-refractivity contribution in [1.29, 1.82) is 0 Å². The van der Waals surface area contributed by atoms with Crippen molar-refractivity contribution in [3.8, 4) is 5.88 Å². The SMILES string of the molecule is CCc1nc(N)c(C)c(OC2COC2)n1. The summed E-state index contributed by atoms with van der Waals surface area (Å²) in [5.41, 5.74) is 6.57. The standard InChI is InChI=1S/C10H15N3O2/c1-3-8-12-9(11)6(2)10(13-8)15-7-4-14-5-7/h7H,3-5H2,1-2H3,(H2,11,12,13). The fourth-order valence-corrected chi connectivity index (χ4v) is 1.27. The molecule has 5 heteroatoms. The number of hydrogen-bond acceptors (Lipinski definition) is 5. The van der Waals surface area contributed by atoms with Gasteiger partial charge in [0, 0.05) is 6.42 Å². The Morgan fingerprint density at radius 1 is 1.47 bits per heavy atom. The lowest BCUT2D eigenvalue weighted by atomic mass is 10.3. The number of nitrogen functional groups attached to an aromatic ring is 1. The second kappa shape index (κ2) is 4.02. The zero-order valence-corrected chi connectivity index (χ0v) is 8.99. The number of aryl methyl sites for hydroxylation is 1. The van der Waals surface area contributed by atoms with Crippen LogP contribution in [0.25, 0.3) is 0 Å². The maximum Gasteiger partial charge on any atom is 0.222 e. The van der Waals surface area contributed by atoms with Crippen LogP contribution in [0.15, 0.2) is 0 Å². The van der Waals surface area contributed by atoms with Crippen LogP contribution in [0.1, 0.15) is 18.3 Å². The first-order valence-electron chi connectivity index (χ1n) is 5.08. The van der Waals surface area contributed by atoms with E-state index in [4.69, 9.17) is 15.2 Å². The summed E-state index contributed by atoms with van der Waals surface area (Å²) < 4.78 is 10.7. The fourth-order valence-electron chi connectivity index (χ4n) is 1.27. The van der Waals surface area contributed by atoms with Gasteiger partial charge in [-0.15, -0.1) is 0 Å². The van der Waals surface area contributed by atoms with Crippen LogP contribution in [0.2, 0.25) is 0 Å². The molecule has 0 spiro atoms. The largest absolute Gasteiger partial charge is 0.469 e. The molecule has 1 aromatic rings. The molecule has 0 unspecified atom stereocenters. The average Bonchev–Trinajstić information content (AvgIpc) is 2.17. The van der Waals surface area contributed by atoms with Gasteiger partial charge in [0.15, 0.2) is 0 Å². The minimum Gasteiger partial charge on any atom is -0.469 e. The highest BCUT2D eigenvalue weighted by Gasteiger charge is 2.22. The molecule has 82 valence electrons. The summed E-state index contributed by atoms with van der Waals surface area (Å²) >= 11 is 0. The molecule has 0 aromatic carbocycles. The first-order valence-corrected chi connectivity index (χ1v) is 5.08. The number of rotatable bonds is 3. The Bertz CT molecular complexity index is 364. The molecule has 0 radical (unpaired) electrons. The minimum atomic E-state index is 0.114. The van der Waals surface area contributed by atoms with Crippen LogP contribution in [0, 0.1) is 6.92 Å². The maximum atomic E-state index is 5.77. The summed E-state index contributed by atoms with van der Waals surface area (Å²) in [5, 5.41) is 0. The van der Waals surface area contributed by atoms with Gasteiger partial charge in [0.2, 0.25) is 5.88 Å². The van der Waals surface area contributed by atoms with Gasteiger partial charge in [-0.25, -0.2) is 4.98 Å². The van der Waals surface area contributed by atoms with Crippen LogP contribution in [-0.4, -0.2) is 29.3 Å². The van der Waals surface area contributed by atoms with Crippen LogP contribution in [-0.2, 0) is 11.2 Å². The van der Waals surface area contributed by atoms with Gasteiger partial charge in [-0.05, 0) is 6.92 Å². The van der Waals surface area contributed by atoms with Crippen molar-refractivity contribution in [2.75, 3.05) is 18.9 Å². The normalized spacial score (nSPS) is 16.1. The molecule has 15 heavy (non-hydrogen) atoms. The molecule has 0 saturated carbocycles. The summed E-state index contributed by atoms with van der Waals surface area (Å²) in [7, 11) is 0. The van der Waals surface area contributed by atoms with Gasteiger partial charge in [0.25, 0.3) is 0 Å². The van der Waals surface area contributed by atoms with Gasteiger partial charge in [-0.2, -0.15) is 4.98 Å². The van der Waals surface area contributed by atoms with Crippen LogP contribution < -0.4 is 10.5 Å². The Balaban J connectivity index is 2.23. The molecule has 2 rings (SSSR count). The van der Waals surface area contributed by atoms with Gasteiger partial charge in [0.1, 0.15) is 17.7 Å². The Labute approximate surface area is 88.6 Å². The predicted molar refractivity (Wildman–Crippen MR) is 55.8 cm³/mol. The van der Waals surface area contributed by atoms with Crippen molar-refractivity contribution in [2.24, 2.45) is 0 Å². The van der Waals surface area contributed by atoms with Crippen molar-refractivity contribution in [1.82, 2.24) is 9.97 Å². The molecule has 2 heterocycles. The van der Waals surface area contributed by atoms with Gasteiger partial charge in [-0.3, -0.25) is 0 Å². The zero-order chi connectivity index (χ0) is 10.8. The quantitative estimate of drug-likeness (QED) is 0.793. The maximum absolute atomic E-state index is 5.77. The van der Waals surface area contributed by atoms with Gasteiger partial charge in [0.05, 0.1) is 18.8 Å². The first kappa shape index (κ1) is 10.2. The van der Waals surface area contributed by atoms with Crippen LogP contribution >= 0.6 is 0 Å². The summed E-state index contributed by atoms with van der Waals surface area (Å²) in [4.78, 5) is 8.46. The lowest BCUT2D eigenvalue weighted by Gasteiger charge is -2.27. The van der Waals surface area contributed by atoms with E-state index in [2.05, 4.69) is 9.97 Å². The number of nitrogens with zero attached hydrogens (tertiary/aromatic N) is 2. The predicted octanol–water partition coefficient (Wildman–Crippen LogP) is 0.707. The van der Waals surface area contributed by atoms with E-state index in [0.29, 0.717) is 30.7 Å². The molecule has 1 aliphatic rings. The van der Waals surface area contributed by atoms with Crippen LogP contribution in [0.5, 0.6) is 5.88 Å². The van der Waals surface area contributed by atoms with Crippen molar-refractivity contribution < 1.29 is 9.47 Å². The minimum absolute atomic E-state index is 0.114. The number of ether oxygens (including phenoxy) is 2. The van der Waals surface area contributed by atoms with Crippen LogP contribution in [0.4, 0.5) is 5.82 Å². The smallest absolute Gasteiger partial charge is 0.222 e. The Kier molecular flexibility index (Phi) is 2.73. The molecular formula is C10H15N3O2. The van der Waals surface area contributed by atoms with E-state index in [1.54, 1.807) is 0 Å². The Hall–Kier alpha value is -1.36. The van der Waals surface area contributed by atoms with E-state index >= 15 is 0 Å². The van der Waals surface area contributed by atoms with Gasteiger partial charge < -0.3 is 15.2 Å². The molecule has 0 bridgehead atoms. The fraction of sp³-hybridized carbons (Fsp3) is 0.600. The molecule has 1 aromatic heterocycles. The number of aromatic nitrogens is 2. The third-order valence-electron chi connectivity index (χ3n) is 2.39. The second-order valence-electron chi connectivity index (χ2n) is 3.59. The first-order chi connectivity index (χ1) is 7.20. The topological polar surface area (TPSA) is 70.3 Å². The van der Waals surface area contributed by atoms with E-state index in [-0.39, 0.29) is 6.10 Å². The molecule has 2 N–H and O–H groups in total.